The summed E-state index contributed by atoms with van der Waals surface area (Å²) >= 11 is 0. The topological polar surface area (TPSA) is 75.2 Å². The molecule has 0 spiro atoms. The summed E-state index contributed by atoms with van der Waals surface area (Å²) in [6.45, 7) is 5.02. The molecule has 33 heavy (non-hydrogen) atoms. The molecule has 4 rings (SSSR count). The third-order valence-corrected chi connectivity index (χ3v) is 6.27. The van der Waals surface area contributed by atoms with Crippen LogP contribution < -0.4 is 9.64 Å². The van der Waals surface area contributed by atoms with Crippen LogP contribution >= 0.6 is 0 Å². The van der Waals surface area contributed by atoms with Gasteiger partial charge < -0.3 is 14.4 Å². The maximum absolute atomic E-state index is 13.0. The van der Waals surface area contributed by atoms with E-state index in [0.29, 0.717) is 31.2 Å². The lowest BCUT2D eigenvalue weighted by Gasteiger charge is -2.30. The molecule has 1 fully saturated rings. The Morgan fingerprint density at radius 3 is 2.70 bits per heavy atom. The number of aryl methyl sites for hydroxylation is 1. The molecule has 8 nitrogen and oxygen atoms in total. The molecule has 2 aliphatic rings. The summed E-state index contributed by atoms with van der Waals surface area (Å²) in [6.07, 6.45) is 1.87. The van der Waals surface area contributed by atoms with Crippen LogP contribution in [-0.4, -0.2) is 67.1 Å². The van der Waals surface area contributed by atoms with Gasteiger partial charge in [-0.1, -0.05) is 18.2 Å². The Kier molecular flexibility index (Phi) is 7.25. The van der Waals surface area contributed by atoms with E-state index in [1.54, 1.807) is 24.1 Å². The quantitative estimate of drug-likeness (QED) is 0.692. The van der Waals surface area contributed by atoms with E-state index in [-0.39, 0.29) is 12.0 Å². The van der Waals surface area contributed by atoms with Crippen LogP contribution in [0.25, 0.3) is 0 Å². The first kappa shape index (κ1) is 23.2. The number of hydrogen-bond donors (Lipinski definition) is 0. The van der Waals surface area contributed by atoms with Crippen molar-refractivity contribution in [3.63, 3.8) is 0 Å². The SMILES string of the molecule is COC(C)c1nc2c(cc1CN1CCCN(C)CC1=O)CCCN2C(=O)Oc1ccccc1. The van der Waals surface area contributed by atoms with Crippen molar-refractivity contribution in [3.8, 4) is 5.75 Å². The highest BCUT2D eigenvalue weighted by Crippen LogP contribution is 2.32. The summed E-state index contributed by atoms with van der Waals surface area (Å²) in [4.78, 5) is 36.2. The van der Waals surface area contributed by atoms with Crippen molar-refractivity contribution in [2.45, 2.75) is 38.8 Å². The first-order valence-electron chi connectivity index (χ1n) is 11.5. The highest BCUT2D eigenvalue weighted by atomic mass is 16.6. The minimum Gasteiger partial charge on any atom is -0.410 e. The minimum absolute atomic E-state index is 0.122. The molecule has 1 saturated heterocycles. The van der Waals surface area contributed by atoms with E-state index in [9.17, 15) is 9.59 Å². The highest BCUT2D eigenvalue weighted by Gasteiger charge is 2.29. The molecule has 0 radical (unpaired) electrons. The Morgan fingerprint density at radius 2 is 1.94 bits per heavy atom. The lowest BCUT2D eigenvalue weighted by atomic mass is 10.00. The number of ether oxygens (including phenoxy) is 2. The fraction of sp³-hybridized carbons (Fsp3) is 0.480. The van der Waals surface area contributed by atoms with Crippen LogP contribution in [-0.2, 0) is 22.5 Å². The van der Waals surface area contributed by atoms with Crippen molar-refractivity contribution in [1.29, 1.82) is 0 Å². The van der Waals surface area contributed by atoms with E-state index in [0.717, 1.165) is 49.2 Å². The van der Waals surface area contributed by atoms with Gasteiger partial charge in [-0.25, -0.2) is 9.78 Å². The molecule has 1 aromatic heterocycles. The number of para-hydroxylation sites is 1. The Bertz CT molecular complexity index is 997. The van der Waals surface area contributed by atoms with Gasteiger partial charge in [-0.15, -0.1) is 0 Å². The standard InChI is InChI=1S/C25H32N4O4/c1-18(32-3)23-20(16-28-13-8-12-27(2)17-22(28)30)15-19-9-7-14-29(24(19)26-23)25(31)33-21-10-5-4-6-11-21/h4-6,10-11,15,18H,7-9,12-14,16-17H2,1-3H3. The number of amides is 2. The van der Waals surface area contributed by atoms with Crippen molar-refractivity contribution in [2.75, 3.05) is 45.2 Å². The average Bonchev–Trinajstić information content (AvgIpc) is 2.97. The van der Waals surface area contributed by atoms with Gasteiger partial charge in [0.05, 0.1) is 18.3 Å². The Morgan fingerprint density at radius 1 is 1.15 bits per heavy atom. The van der Waals surface area contributed by atoms with Gasteiger partial charge in [0.25, 0.3) is 0 Å². The third kappa shape index (κ3) is 5.34. The number of aromatic nitrogens is 1. The number of benzene rings is 1. The molecule has 1 atom stereocenters. The maximum Gasteiger partial charge on any atom is 0.420 e. The smallest absolute Gasteiger partial charge is 0.410 e. The summed E-state index contributed by atoms with van der Waals surface area (Å²) in [6, 6.07) is 11.1. The zero-order valence-corrected chi connectivity index (χ0v) is 19.6. The van der Waals surface area contributed by atoms with Crippen LogP contribution in [0, 0.1) is 0 Å². The lowest BCUT2D eigenvalue weighted by molar-refractivity contribution is -0.131. The largest absolute Gasteiger partial charge is 0.420 e. The van der Waals surface area contributed by atoms with E-state index in [2.05, 4.69) is 11.0 Å². The number of fused-ring (bicyclic) bond motifs is 1. The monoisotopic (exact) mass is 452 g/mol. The zero-order chi connectivity index (χ0) is 23.4. The highest BCUT2D eigenvalue weighted by molar-refractivity contribution is 5.89. The predicted molar refractivity (Wildman–Crippen MR) is 125 cm³/mol. The molecule has 1 unspecified atom stereocenters. The van der Waals surface area contributed by atoms with E-state index in [4.69, 9.17) is 14.5 Å². The van der Waals surface area contributed by atoms with Crippen molar-refractivity contribution in [2.24, 2.45) is 0 Å². The molecule has 8 heteroatoms. The number of rotatable bonds is 5. The normalized spacial score (nSPS) is 18.0. The first-order valence-corrected chi connectivity index (χ1v) is 11.5. The predicted octanol–water partition coefficient (Wildman–Crippen LogP) is 3.40. The summed E-state index contributed by atoms with van der Waals surface area (Å²) in [5, 5.41) is 0. The van der Waals surface area contributed by atoms with Crippen LogP contribution in [0.15, 0.2) is 36.4 Å². The fourth-order valence-corrected chi connectivity index (χ4v) is 4.41. The molecule has 0 saturated carbocycles. The first-order chi connectivity index (χ1) is 16.0. The van der Waals surface area contributed by atoms with E-state index < -0.39 is 6.09 Å². The van der Waals surface area contributed by atoms with Gasteiger partial charge in [-0.05, 0) is 62.6 Å². The second-order valence-electron chi connectivity index (χ2n) is 8.74. The Balaban J connectivity index is 1.63. The van der Waals surface area contributed by atoms with E-state index in [1.807, 2.05) is 37.1 Å². The average molecular weight is 453 g/mol. The Labute approximate surface area is 195 Å². The van der Waals surface area contributed by atoms with Crippen LogP contribution in [0.5, 0.6) is 5.75 Å². The zero-order valence-electron chi connectivity index (χ0n) is 19.6. The van der Waals surface area contributed by atoms with Crippen molar-refractivity contribution < 1.29 is 19.1 Å². The van der Waals surface area contributed by atoms with Crippen LogP contribution in [0.3, 0.4) is 0 Å². The van der Waals surface area contributed by atoms with Gasteiger partial charge in [0.1, 0.15) is 11.6 Å². The second kappa shape index (κ2) is 10.3. The van der Waals surface area contributed by atoms with Gasteiger partial charge in [0.2, 0.25) is 5.91 Å². The molecule has 2 amide bonds. The molecule has 0 aliphatic carbocycles. The minimum atomic E-state index is -0.441. The van der Waals surface area contributed by atoms with Crippen molar-refractivity contribution in [1.82, 2.24) is 14.8 Å². The molecule has 2 aliphatic heterocycles. The number of carbonyl (C=O) groups is 2. The Hall–Kier alpha value is -2.97. The van der Waals surface area contributed by atoms with Crippen molar-refractivity contribution in [3.05, 3.63) is 53.2 Å². The van der Waals surface area contributed by atoms with Gasteiger partial charge in [-0.3, -0.25) is 14.6 Å². The number of carbonyl (C=O) groups excluding carboxylic acids is 2. The van der Waals surface area contributed by atoms with E-state index >= 15 is 0 Å². The molecule has 0 bridgehead atoms. The van der Waals surface area contributed by atoms with Crippen LogP contribution in [0.4, 0.5) is 10.6 Å². The molecular formula is C25H32N4O4. The molecule has 0 N–H and O–H groups in total. The van der Waals surface area contributed by atoms with Gasteiger partial charge in [-0.2, -0.15) is 0 Å². The van der Waals surface area contributed by atoms with Crippen LogP contribution in [0.2, 0.25) is 0 Å². The number of anilines is 1. The van der Waals surface area contributed by atoms with Gasteiger partial charge in [0.15, 0.2) is 0 Å². The van der Waals surface area contributed by atoms with Crippen LogP contribution in [0.1, 0.15) is 42.7 Å². The van der Waals surface area contributed by atoms with Crippen molar-refractivity contribution >= 4 is 17.8 Å². The molecule has 1 aromatic carbocycles. The number of hydrogen-bond acceptors (Lipinski definition) is 6. The third-order valence-electron chi connectivity index (χ3n) is 6.27. The summed E-state index contributed by atoms with van der Waals surface area (Å²) < 4.78 is 11.2. The second-order valence-corrected chi connectivity index (χ2v) is 8.74. The molecular weight excluding hydrogens is 420 g/mol. The number of pyridine rings is 1. The molecule has 176 valence electrons. The number of likely N-dealkylation sites (N-methyl/N-ethyl adjacent to an activating group) is 1. The summed E-state index contributed by atoms with van der Waals surface area (Å²) in [5.74, 6) is 1.24. The fourth-order valence-electron chi connectivity index (χ4n) is 4.41. The lowest BCUT2D eigenvalue weighted by Crippen LogP contribution is -2.39. The van der Waals surface area contributed by atoms with Gasteiger partial charge >= 0.3 is 6.09 Å². The number of nitrogens with zero attached hydrogens (tertiary/aromatic N) is 4. The number of methoxy groups -OCH3 is 1. The van der Waals surface area contributed by atoms with Gasteiger partial charge in [0, 0.05) is 33.3 Å². The summed E-state index contributed by atoms with van der Waals surface area (Å²) in [5.41, 5.74) is 2.72. The molecule has 2 aromatic rings. The van der Waals surface area contributed by atoms with E-state index in [1.165, 1.54) is 0 Å². The molecule has 3 heterocycles. The maximum atomic E-state index is 13.0. The summed E-state index contributed by atoms with van der Waals surface area (Å²) in [7, 11) is 3.62.